The van der Waals surface area contributed by atoms with Crippen LogP contribution in [0.15, 0.2) is 24.3 Å². The number of benzene rings is 1. The largest absolute Gasteiger partial charge is 0.484 e. The second-order valence-corrected chi connectivity index (χ2v) is 6.11. The molecule has 1 amide bonds. The van der Waals surface area contributed by atoms with E-state index in [9.17, 15) is 19.7 Å². The van der Waals surface area contributed by atoms with E-state index in [4.69, 9.17) is 9.84 Å². The monoisotopic (exact) mass is 365 g/mol. The van der Waals surface area contributed by atoms with Crippen LogP contribution in [-0.2, 0) is 9.59 Å². The second kappa shape index (κ2) is 9.14. The number of carbonyl (C=O) groups is 2. The minimum absolute atomic E-state index is 0.0123. The van der Waals surface area contributed by atoms with Crippen molar-refractivity contribution in [3.8, 4) is 5.75 Å². The minimum atomic E-state index is -0.846. The molecule has 9 heteroatoms. The van der Waals surface area contributed by atoms with Crippen LogP contribution in [0.1, 0.15) is 19.8 Å². The molecule has 1 saturated heterocycles. The first-order chi connectivity index (χ1) is 12.4. The van der Waals surface area contributed by atoms with Crippen molar-refractivity contribution in [3.63, 3.8) is 0 Å². The lowest BCUT2D eigenvalue weighted by atomic mass is 10.0. The van der Waals surface area contributed by atoms with Crippen LogP contribution in [0.4, 0.5) is 5.69 Å². The van der Waals surface area contributed by atoms with Gasteiger partial charge < -0.3 is 14.7 Å². The van der Waals surface area contributed by atoms with Crippen molar-refractivity contribution >= 4 is 17.6 Å². The molecule has 1 aliphatic heterocycles. The third-order valence-electron chi connectivity index (χ3n) is 4.49. The van der Waals surface area contributed by atoms with E-state index in [2.05, 4.69) is 0 Å². The number of carbonyl (C=O) groups excluding carboxylic acids is 1. The molecule has 2 rings (SSSR count). The van der Waals surface area contributed by atoms with Gasteiger partial charge in [0.2, 0.25) is 0 Å². The van der Waals surface area contributed by atoms with Gasteiger partial charge in [0, 0.05) is 31.3 Å². The van der Waals surface area contributed by atoms with Crippen molar-refractivity contribution in [1.29, 1.82) is 0 Å². The van der Waals surface area contributed by atoms with Gasteiger partial charge in [0.25, 0.3) is 11.6 Å². The number of nitro groups is 1. The zero-order valence-electron chi connectivity index (χ0n) is 14.7. The maximum atomic E-state index is 12.3. The molecule has 9 nitrogen and oxygen atoms in total. The van der Waals surface area contributed by atoms with Gasteiger partial charge in [0.05, 0.1) is 11.5 Å². The Labute approximate surface area is 151 Å². The Morgan fingerprint density at radius 3 is 2.42 bits per heavy atom. The third-order valence-corrected chi connectivity index (χ3v) is 4.49. The summed E-state index contributed by atoms with van der Waals surface area (Å²) in [7, 11) is 0. The first-order valence-electron chi connectivity index (χ1n) is 8.51. The molecule has 0 atom stereocenters. The van der Waals surface area contributed by atoms with E-state index in [0.29, 0.717) is 25.4 Å². The molecule has 26 heavy (non-hydrogen) atoms. The van der Waals surface area contributed by atoms with E-state index in [0.717, 1.165) is 12.8 Å². The van der Waals surface area contributed by atoms with Crippen molar-refractivity contribution in [2.45, 2.75) is 25.8 Å². The number of carboxylic acid groups (broad SMARTS) is 1. The summed E-state index contributed by atoms with van der Waals surface area (Å²) in [4.78, 5) is 36.9. The van der Waals surface area contributed by atoms with Crippen LogP contribution in [0.25, 0.3) is 0 Å². The van der Waals surface area contributed by atoms with E-state index >= 15 is 0 Å². The smallest absolute Gasteiger partial charge is 0.317 e. The molecule has 0 saturated carbocycles. The predicted octanol–water partition coefficient (Wildman–Crippen LogP) is 1.37. The van der Waals surface area contributed by atoms with Crippen LogP contribution in [-0.4, -0.2) is 70.5 Å². The predicted molar refractivity (Wildman–Crippen MR) is 93.1 cm³/mol. The van der Waals surface area contributed by atoms with Gasteiger partial charge in [-0.3, -0.25) is 24.6 Å². The average Bonchev–Trinajstić information content (AvgIpc) is 2.64. The van der Waals surface area contributed by atoms with Crippen molar-refractivity contribution in [2.75, 3.05) is 32.8 Å². The molecular weight excluding hydrogens is 342 g/mol. The molecule has 0 unspecified atom stereocenters. The molecule has 1 N–H and O–H groups in total. The molecule has 1 aliphatic rings. The lowest BCUT2D eigenvalue weighted by Gasteiger charge is -2.37. The highest BCUT2D eigenvalue weighted by molar-refractivity contribution is 5.77. The Morgan fingerprint density at radius 1 is 1.31 bits per heavy atom. The van der Waals surface area contributed by atoms with Crippen LogP contribution in [0.3, 0.4) is 0 Å². The lowest BCUT2D eigenvalue weighted by molar-refractivity contribution is -0.384. The van der Waals surface area contributed by atoms with Crippen molar-refractivity contribution in [1.82, 2.24) is 9.80 Å². The van der Waals surface area contributed by atoms with Crippen LogP contribution in [0.5, 0.6) is 5.75 Å². The maximum absolute atomic E-state index is 12.3. The highest BCUT2D eigenvalue weighted by Gasteiger charge is 2.27. The molecular formula is C17H23N3O6. The fourth-order valence-electron chi connectivity index (χ4n) is 3.05. The number of non-ortho nitro benzene ring substituents is 1. The topological polar surface area (TPSA) is 113 Å². The van der Waals surface area contributed by atoms with E-state index in [1.807, 2.05) is 11.8 Å². The number of likely N-dealkylation sites (N-methyl/N-ethyl adjacent to an activating group) is 1. The lowest BCUT2D eigenvalue weighted by Crippen LogP contribution is -2.49. The minimum Gasteiger partial charge on any atom is -0.484 e. The standard InChI is InChI=1S/C17H23N3O6/c1-2-18(11-17(22)23)13-7-9-19(10-8-13)16(21)12-26-15-5-3-14(4-6-15)20(24)25/h3-6,13H,2,7-12H2,1H3,(H,22,23). The highest BCUT2D eigenvalue weighted by Crippen LogP contribution is 2.19. The molecule has 0 spiro atoms. The summed E-state index contributed by atoms with van der Waals surface area (Å²) in [5.41, 5.74) is -0.0346. The van der Waals surface area contributed by atoms with Crippen LogP contribution < -0.4 is 4.74 Å². The third kappa shape index (κ3) is 5.41. The maximum Gasteiger partial charge on any atom is 0.317 e. The Bertz CT molecular complexity index is 640. The molecule has 1 aromatic carbocycles. The van der Waals surface area contributed by atoms with Crippen LogP contribution in [0.2, 0.25) is 0 Å². The van der Waals surface area contributed by atoms with Gasteiger partial charge in [-0.05, 0) is 31.5 Å². The van der Waals surface area contributed by atoms with E-state index in [1.165, 1.54) is 24.3 Å². The van der Waals surface area contributed by atoms with Gasteiger partial charge in [-0.15, -0.1) is 0 Å². The molecule has 1 heterocycles. The summed E-state index contributed by atoms with van der Waals surface area (Å²) in [6, 6.07) is 5.74. The van der Waals surface area contributed by atoms with E-state index in [1.54, 1.807) is 4.90 Å². The number of nitrogens with zero attached hydrogens (tertiary/aromatic N) is 3. The summed E-state index contributed by atoms with van der Waals surface area (Å²) in [5.74, 6) is -0.595. The van der Waals surface area contributed by atoms with Gasteiger partial charge in [0.1, 0.15) is 5.75 Å². The number of aliphatic carboxylic acids is 1. The van der Waals surface area contributed by atoms with Gasteiger partial charge in [-0.2, -0.15) is 0 Å². The summed E-state index contributed by atoms with van der Waals surface area (Å²) in [6.45, 7) is 3.59. The first-order valence-corrected chi connectivity index (χ1v) is 8.51. The fraction of sp³-hybridized carbons (Fsp3) is 0.529. The van der Waals surface area contributed by atoms with Crippen molar-refractivity contribution < 1.29 is 24.4 Å². The fourth-order valence-corrected chi connectivity index (χ4v) is 3.05. The highest BCUT2D eigenvalue weighted by atomic mass is 16.6. The number of hydrogen-bond donors (Lipinski definition) is 1. The van der Waals surface area contributed by atoms with Gasteiger partial charge in [-0.1, -0.05) is 6.92 Å². The number of carboxylic acids is 1. The van der Waals surface area contributed by atoms with Gasteiger partial charge in [0.15, 0.2) is 6.61 Å². The number of nitro benzene ring substituents is 1. The second-order valence-electron chi connectivity index (χ2n) is 6.11. The van der Waals surface area contributed by atoms with Crippen LogP contribution in [0, 0.1) is 10.1 Å². The molecule has 0 aromatic heterocycles. The number of likely N-dealkylation sites (tertiary alicyclic amines) is 1. The molecule has 1 aromatic rings. The summed E-state index contributed by atoms with van der Waals surface area (Å²) >= 11 is 0. The summed E-state index contributed by atoms with van der Waals surface area (Å²) in [6.07, 6.45) is 1.45. The molecule has 0 aliphatic carbocycles. The number of ether oxygens (including phenoxy) is 1. The van der Waals surface area contributed by atoms with Gasteiger partial charge >= 0.3 is 5.97 Å². The molecule has 0 radical (unpaired) electrons. The molecule has 0 bridgehead atoms. The Morgan fingerprint density at radius 2 is 1.92 bits per heavy atom. The number of piperidine rings is 1. The average molecular weight is 365 g/mol. The summed E-state index contributed by atoms with van der Waals surface area (Å²) < 4.78 is 5.40. The zero-order chi connectivity index (χ0) is 19.1. The normalized spacial score (nSPS) is 15.1. The van der Waals surface area contributed by atoms with E-state index in [-0.39, 0.29) is 30.8 Å². The van der Waals surface area contributed by atoms with Crippen molar-refractivity contribution in [2.24, 2.45) is 0 Å². The Kier molecular flexibility index (Phi) is 6.90. The Balaban J connectivity index is 1.79. The summed E-state index contributed by atoms with van der Waals surface area (Å²) in [5, 5.41) is 19.6. The quantitative estimate of drug-likeness (QED) is 0.547. The van der Waals surface area contributed by atoms with Crippen molar-refractivity contribution in [3.05, 3.63) is 34.4 Å². The van der Waals surface area contributed by atoms with Crippen LogP contribution >= 0.6 is 0 Å². The SMILES string of the molecule is CCN(CC(=O)O)C1CCN(C(=O)COc2ccc([N+](=O)[O-])cc2)CC1. The van der Waals surface area contributed by atoms with E-state index < -0.39 is 10.9 Å². The number of hydrogen-bond acceptors (Lipinski definition) is 6. The Hall–Kier alpha value is -2.68. The van der Waals surface area contributed by atoms with Gasteiger partial charge in [-0.25, -0.2) is 0 Å². The zero-order valence-corrected chi connectivity index (χ0v) is 14.7. The number of amides is 1. The molecule has 142 valence electrons. The molecule has 1 fully saturated rings. The first kappa shape index (κ1) is 19.6. The number of rotatable bonds is 8.